The zero-order valence-corrected chi connectivity index (χ0v) is 15.0. The first-order chi connectivity index (χ1) is 11.7. The summed E-state index contributed by atoms with van der Waals surface area (Å²) in [7, 11) is 1.70. The standard InChI is InChI=1S/C18H30N4O2/c1-3-16-20-10-12-22(16)15-5-4-11-21(13-15)17(23)18(14-24-2)6-8-19-9-7-18/h10,12,15,19H,3-9,11,13-14H2,1-2H3. The highest BCUT2D eigenvalue weighted by Gasteiger charge is 2.43. The second kappa shape index (κ2) is 7.66. The molecule has 134 valence electrons. The number of carbonyl (C=O) groups is 1. The topological polar surface area (TPSA) is 59.4 Å². The molecule has 1 amide bonds. The first-order valence-corrected chi connectivity index (χ1v) is 9.21. The molecule has 1 aromatic rings. The lowest BCUT2D eigenvalue weighted by Gasteiger charge is -2.42. The van der Waals surface area contributed by atoms with Gasteiger partial charge in [0.25, 0.3) is 0 Å². The molecule has 0 saturated carbocycles. The average Bonchev–Trinajstić information content (AvgIpc) is 3.11. The Kier molecular flexibility index (Phi) is 5.56. The van der Waals surface area contributed by atoms with Gasteiger partial charge in [-0.1, -0.05) is 6.92 Å². The Bertz CT molecular complexity index is 545. The summed E-state index contributed by atoms with van der Waals surface area (Å²) in [6.07, 6.45) is 8.77. The van der Waals surface area contributed by atoms with Gasteiger partial charge < -0.3 is 19.5 Å². The Hall–Kier alpha value is -1.40. The number of ether oxygens (including phenoxy) is 1. The summed E-state index contributed by atoms with van der Waals surface area (Å²) in [6, 6.07) is 0.349. The molecule has 0 spiro atoms. The lowest BCUT2D eigenvalue weighted by Crippen LogP contribution is -2.53. The number of methoxy groups -OCH3 is 1. The van der Waals surface area contributed by atoms with E-state index in [0.717, 1.165) is 64.1 Å². The highest BCUT2D eigenvalue weighted by atomic mass is 16.5. The van der Waals surface area contributed by atoms with Gasteiger partial charge in [-0.25, -0.2) is 4.98 Å². The normalized spacial score (nSPS) is 24.1. The number of aromatic nitrogens is 2. The first kappa shape index (κ1) is 17.4. The molecule has 2 aliphatic rings. The fourth-order valence-corrected chi connectivity index (χ4v) is 4.25. The van der Waals surface area contributed by atoms with E-state index in [4.69, 9.17) is 4.74 Å². The summed E-state index contributed by atoms with van der Waals surface area (Å²) < 4.78 is 7.71. The van der Waals surface area contributed by atoms with Crippen molar-refractivity contribution in [1.29, 1.82) is 0 Å². The Labute approximate surface area is 144 Å². The number of nitrogens with zero attached hydrogens (tertiary/aromatic N) is 3. The van der Waals surface area contributed by atoms with Gasteiger partial charge in [-0.15, -0.1) is 0 Å². The Morgan fingerprint density at radius 2 is 2.25 bits per heavy atom. The number of imidazole rings is 1. The number of nitrogens with one attached hydrogen (secondary N) is 1. The minimum Gasteiger partial charge on any atom is -0.384 e. The maximum Gasteiger partial charge on any atom is 0.231 e. The highest BCUT2D eigenvalue weighted by molar-refractivity contribution is 5.83. The van der Waals surface area contributed by atoms with Gasteiger partial charge in [0.2, 0.25) is 5.91 Å². The van der Waals surface area contributed by atoms with Crippen LogP contribution >= 0.6 is 0 Å². The van der Waals surface area contributed by atoms with Crippen LogP contribution in [0.15, 0.2) is 12.4 Å². The zero-order chi connectivity index (χ0) is 17.0. The number of hydrogen-bond donors (Lipinski definition) is 1. The van der Waals surface area contributed by atoms with Crippen LogP contribution in [-0.4, -0.2) is 60.3 Å². The van der Waals surface area contributed by atoms with Gasteiger partial charge in [0.15, 0.2) is 0 Å². The molecule has 0 aliphatic carbocycles. The molecule has 1 unspecified atom stereocenters. The van der Waals surface area contributed by atoms with Crippen molar-refractivity contribution in [3.8, 4) is 0 Å². The number of piperidine rings is 2. The smallest absolute Gasteiger partial charge is 0.231 e. The predicted molar refractivity (Wildman–Crippen MR) is 92.9 cm³/mol. The van der Waals surface area contributed by atoms with Crippen molar-refractivity contribution in [3.63, 3.8) is 0 Å². The van der Waals surface area contributed by atoms with Crippen molar-refractivity contribution < 1.29 is 9.53 Å². The monoisotopic (exact) mass is 334 g/mol. The first-order valence-electron chi connectivity index (χ1n) is 9.21. The summed E-state index contributed by atoms with van der Waals surface area (Å²) in [6.45, 7) is 6.11. The van der Waals surface area contributed by atoms with E-state index >= 15 is 0 Å². The van der Waals surface area contributed by atoms with Crippen LogP contribution in [0.2, 0.25) is 0 Å². The molecule has 0 bridgehead atoms. The predicted octanol–water partition coefficient (Wildman–Crippen LogP) is 1.63. The number of hydrogen-bond acceptors (Lipinski definition) is 4. The molecule has 6 heteroatoms. The molecule has 1 N–H and O–H groups in total. The Morgan fingerprint density at radius 1 is 1.46 bits per heavy atom. The fourth-order valence-electron chi connectivity index (χ4n) is 4.25. The summed E-state index contributed by atoms with van der Waals surface area (Å²) >= 11 is 0. The summed E-state index contributed by atoms with van der Waals surface area (Å²) in [5, 5.41) is 3.36. The lowest BCUT2D eigenvalue weighted by molar-refractivity contribution is -0.149. The zero-order valence-electron chi connectivity index (χ0n) is 15.0. The number of likely N-dealkylation sites (tertiary alicyclic amines) is 1. The van der Waals surface area contributed by atoms with E-state index in [0.29, 0.717) is 12.6 Å². The van der Waals surface area contributed by atoms with Crippen LogP contribution in [0.3, 0.4) is 0 Å². The maximum atomic E-state index is 13.3. The fraction of sp³-hybridized carbons (Fsp3) is 0.778. The second-order valence-corrected chi connectivity index (χ2v) is 7.11. The van der Waals surface area contributed by atoms with Gasteiger partial charge >= 0.3 is 0 Å². The quantitative estimate of drug-likeness (QED) is 0.889. The molecule has 2 fully saturated rings. The van der Waals surface area contributed by atoms with Crippen molar-refractivity contribution in [2.45, 2.75) is 45.1 Å². The largest absolute Gasteiger partial charge is 0.384 e. The van der Waals surface area contributed by atoms with Gasteiger partial charge in [0.05, 0.1) is 18.1 Å². The number of carbonyl (C=O) groups excluding carboxylic acids is 1. The summed E-state index contributed by atoms with van der Waals surface area (Å²) in [5.41, 5.74) is -0.343. The average molecular weight is 334 g/mol. The van der Waals surface area contributed by atoms with Crippen molar-refractivity contribution in [2.24, 2.45) is 5.41 Å². The van der Waals surface area contributed by atoms with Crippen molar-refractivity contribution >= 4 is 5.91 Å². The molecule has 24 heavy (non-hydrogen) atoms. The SMILES string of the molecule is CCc1nccn1C1CCCN(C(=O)C2(COC)CCNCC2)C1. The molecule has 3 rings (SSSR count). The Morgan fingerprint density at radius 3 is 2.96 bits per heavy atom. The maximum absolute atomic E-state index is 13.3. The summed E-state index contributed by atoms with van der Waals surface area (Å²) in [4.78, 5) is 19.9. The molecule has 1 aromatic heterocycles. The molecule has 2 saturated heterocycles. The van der Waals surface area contributed by atoms with Crippen LogP contribution < -0.4 is 5.32 Å². The molecular weight excluding hydrogens is 304 g/mol. The van der Waals surface area contributed by atoms with Crippen molar-refractivity contribution in [1.82, 2.24) is 19.8 Å². The third-order valence-electron chi connectivity index (χ3n) is 5.58. The van der Waals surface area contributed by atoms with E-state index in [1.54, 1.807) is 7.11 Å². The minimum absolute atomic E-state index is 0.286. The molecule has 3 heterocycles. The van der Waals surface area contributed by atoms with Crippen LogP contribution in [0.25, 0.3) is 0 Å². The third-order valence-corrected chi connectivity index (χ3v) is 5.58. The van der Waals surface area contributed by atoms with Crippen LogP contribution in [0, 0.1) is 5.41 Å². The molecular formula is C18H30N4O2. The van der Waals surface area contributed by atoms with Gasteiger partial charge in [0, 0.05) is 39.0 Å². The third kappa shape index (κ3) is 3.35. The van der Waals surface area contributed by atoms with E-state index in [1.165, 1.54) is 0 Å². The van der Waals surface area contributed by atoms with Gasteiger partial charge in [0.1, 0.15) is 5.82 Å². The van der Waals surface area contributed by atoms with Crippen molar-refractivity contribution in [2.75, 3.05) is 39.9 Å². The van der Waals surface area contributed by atoms with Crippen LogP contribution in [0.4, 0.5) is 0 Å². The Balaban J connectivity index is 1.74. The van der Waals surface area contributed by atoms with Crippen molar-refractivity contribution in [3.05, 3.63) is 18.2 Å². The van der Waals surface area contributed by atoms with E-state index < -0.39 is 0 Å². The summed E-state index contributed by atoms with van der Waals surface area (Å²) in [5.74, 6) is 1.40. The van der Waals surface area contributed by atoms with Crippen LogP contribution in [0.5, 0.6) is 0 Å². The van der Waals surface area contributed by atoms with E-state index in [9.17, 15) is 4.79 Å². The van der Waals surface area contributed by atoms with Gasteiger partial charge in [-0.3, -0.25) is 4.79 Å². The highest BCUT2D eigenvalue weighted by Crippen LogP contribution is 2.34. The molecule has 0 radical (unpaired) electrons. The van der Waals surface area contributed by atoms with E-state index in [2.05, 4.69) is 32.9 Å². The van der Waals surface area contributed by atoms with Gasteiger partial charge in [-0.2, -0.15) is 0 Å². The van der Waals surface area contributed by atoms with Gasteiger partial charge in [-0.05, 0) is 38.8 Å². The number of aryl methyl sites for hydroxylation is 1. The number of rotatable bonds is 5. The molecule has 1 atom stereocenters. The molecule has 0 aromatic carbocycles. The minimum atomic E-state index is -0.343. The lowest BCUT2D eigenvalue weighted by atomic mass is 9.78. The molecule has 6 nitrogen and oxygen atoms in total. The van der Waals surface area contributed by atoms with E-state index in [-0.39, 0.29) is 11.3 Å². The van der Waals surface area contributed by atoms with Crippen LogP contribution in [-0.2, 0) is 16.0 Å². The van der Waals surface area contributed by atoms with E-state index in [1.807, 2.05) is 6.20 Å². The number of amides is 1. The second-order valence-electron chi connectivity index (χ2n) is 7.11. The van der Waals surface area contributed by atoms with Crippen LogP contribution in [0.1, 0.15) is 44.5 Å². The molecule has 2 aliphatic heterocycles.